The average molecular weight is 298 g/mol. The number of piperidine rings is 1. The Labute approximate surface area is 125 Å². The molecular weight excluding hydrogens is 272 g/mol. The number of aliphatic carboxylic acids is 1. The van der Waals surface area contributed by atoms with Crippen LogP contribution in [0.5, 0.6) is 0 Å². The van der Waals surface area contributed by atoms with E-state index < -0.39 is 5.97 Å². The summed E-state index contributed by atoms with van der Waals surface area (Å²) in [7, 11) is 0. The van der Waals surface area contributed by atoms with Crippen LogP contribution in [0, 0.1) is 11.8 Å². The van der Waals surface area contributed by atoms with Crippen LogP contribution in [0.15, 0.2) is 0 Å². The summed E-state index contributed by atoms with van der Waals surface area (Å²) in [5.74, 6) is 0.0927. The van der Waals surface area contributed by atoms with Gasteiger partial charge in [0.2, 0.25) is 0 Å². The van der Waals surface area contributed by atoms with E-state index in [2.05, 4.69) is 5.32 Å². The molecule has 21 heavy (non-hydrogen) atoms. The van der Waals surface area contributed by atoms with E-state index in [4.69, 9.17) is 9.84 Å². The highest BCUT2D eigenvalue weighted by molar-refractivity contribution is 5.74. The molecule has 2 saturated heterocycles. The fourth-order valence-electron chi connectivity index (χ4n) is 3.11. The number of rotatable bonds is 5. The molecule has 120 valence electrons. The van der Waals surface area contributed by atoms with E-state index >= 15 is 0 Å². The van der Waals surface area contributed by atoms with Crippen molar-refractivity contribution in [1.29, 1.82) is 0 Å². The highest BCUT2D eigenvalue weighted by atomic mass is 16.5. The molecule has 0 aromatic carbocycles. The number of hydrogen-bond donors (Lipinski definition) is 2. The molecule has 2 aliphatic heterocycles. The van der Waals surface area contributed by atoms with E-state index in [0.29, 0.717) is 24.8 Å². The van der Waals surface area contributed by atoms with Crippen molar-refractivity contribution in [3.63, 3.8) is 0 Å². The smallest absolute Gasteiger partial charge is 0.317 e. The van der Waals surface area contributed by atoms with Crippen LogP contribution in [0.3, 0.4) is 0 Å². The molecule has 2 N–H and O–H groups in total. The number of urea groups is 1. The van der Waals surface area contributed by atoms with Gasteiger partial charge in [0.15, 0.2) is 0 Å². The molecule has 0 radical (unpaired) electrons. The van der Waals surface area contributed by atoms with E-state index in [1.54, 1.807) is 0 Å². The lowest BCUT2D eigenvalue weighted by atomic mass is 9.93. The van der Waals surface area contributed by atoms with Crippen molar-refractivity contribution in [2.75, 3.05) is 32.8 Å². The van der Waals surface area contributed by atoms with Gasteiger partial charge in [0.05, 0.1) is 0 Å². The SMILES string of the molecule is O=C(O)CCC1CCCN(C(=O)NCC2CCOCC2)C1. The topological polar surface area (TPSA) is 78.9 Å². The third-order valence-electron chi connectivity index (χ3n) is 4.46. The second kappa shape index (κ2) is 8.22. The number of hydrogen-bond acceptors (Lipinski definition) is 3. The van der Waals surface area contributed by atoms with Gasteiger partial charge in [0, 0.05) is 39.3 Å². The Kier molecular flexibility index (Phi) is 6.29. The van der Waals surface area contributed by atoms with Gasteiger partial charge in [-0.2, -0.15) is 0 Å². The number of carbonyl (C=O) groups is 2. The zero-order chi connectivity index (χ0) is 15.1. The molecule has 2 fully saturated rings. The zero-order valence-electron chi connectivity index (χ0n) is 12.6. The maximum atomic E-state index is 12.2. The van der Waals surface area contributed by atoms with E-state index in [1.165, 1.54) is 0 Å². The Morgan fingerprint density at radius 1 is 1.19 bits per heavy atom. The van der Waals surface area contributed by atoms with E-state index in [9.17, 15) is 9.59 Å². The van der Waals surface area contributed by atoms with Crippen molar-refractivity contribution in [1.82, 2.24) is 10.2 Å². The number of carboxylic acid groups (broad SMARTS) is 1. The maximum Gasteiger partial charge on any atom is 0.317 e. The largest absolute Gasteiger partial charge is 0.481 e. The van der Waals surface area contributed by atoms with Crippen molar-refractivity contribution in [3.8, 4) is 0 Å². The monoisotopic (exact) mass is 298 g/mol. The quantitative estimate of drug-likeness (QED) is 0.809. The minimum atomic E-state index is -0.754. The standard InChI is InChI=1S/C15H26N2O4/c18-14(19)4-3-13-2-1-7-17(11-13)15(20)16-10-12-5-8-21-9-6-12/h12-13H,1-11H2,(H,16,20)(H,18,19). The first kappa shape index (κ1) is 16.1. The Morgan fingerprint density at radius 2 is 1.95 bits per heavy atom. The maximum absolute atomic E-state index is 12.2. The fraction of sp³-hybridized carbons (Fsp3) is 0.867. The Balaban J connectivity index is 1.69. The molecule has 1 atom stereocenters. The van der Waals surface area contributed by atoms with Crippen LogP contribution in [-0.4, -0.2) is 54.9 Å². The number of nitrogens with one attached hydrogen (secondary N) is 1. The number of nitrogens with zero attached hydrogens (tertiary/aromatic N) is 1. The van der Waals surface area contributed by atoms with E-state index in [-0.39, 0.29) is 12.5 Å². The molecule has 2 heterocycles. The van der Waals surface area contributed by atoms with Crippen LogP contribution in [0.1, 0.15) is 38.5 Å². The molecule has 0 spiro atoms. The highest BCUT2D eigenvalue weighted by Gasteiger charge is 2.24. The van der Waals surface area contributed by atoms with Gasteiger partial charge in [0.25, 0.3) is 0 Å². The van der Waals surface area contributed by atoms with Gasteiger partial charge in [-0.05, 0) is 43.9 Å². The number of amides is 2. The lowest BCUT2D eigenvalue weighted by molar-refractivity contribution is -0.137. The highest BCUT2D eigenvalue weighted by Crippen LogP contribution is 2.21. The fourth-order valence-corrected chi connectivity index (χ4v) is 3.11. The second-order valence-corrected chi connectivity index (χ2v) is 6.13. The minimum absolute atomic E-state index is 0.00140. The predicted octanol–water partition coefficient (Wildman–Crippen LogP) is 1.70. The molecular formula is C15H26N2O4. The summed E-state index contributed by atoms with van der Waals surface area (Å²) in [6.45, 7) is 3.78. The van der Waals surface area contributed by atoms with Crippen LogP contribution in [0.2, 0.25) is 0 Å². The number of likely N-dealkylation sites (tertiary alicyclic amines) is 1. The van der Waals surface area contributed by atoms with E-state index in [0.717, 1.165) is 52.0 Å². The summed E-state index contributed by atoms with van der Waals surface area (Å²) in [4.78, 5) is 24.7. The minimum Gasteiger partial charge on any atom is -0.481 e. The molecule has 0 saturated carbocycles. The van der Waals surface area contributed by atoms with Crippen LogP contribution in [0.25, 0.3) is 0 Å². The summed E-state index contributed by atoms with van der Waals surface area (Å²) in [5, 5.41) is 11.8. The molecule has 0 aliphatic carbocycles. The Bertz CT molecular complexity index is 356. The molecule has 6 nitrogen and oxygen atoms in total. The van der Waals surface area contributed by atoms with Gasteiger partial charge in [-0.1, -0.05) is 0 Å². The molecule has 6 heteroatoms. The summed E-state index contributed by atoms with van der Waals surface area (Å²) in [5.41, 5.74) is 0. The van der Waals surface area contributed by atoms with Crippen molar-refractivity contribution in [2.24, 2.45) is 11.8 Å². The van der Waals surface area contributed by atoms with Gasteiger partial charge in [-0.3, -0.25) is 4.79 Å². The molecule has 0 aromatic rings. The van der Waals surface area contributed by atoms with Crippen molar-refractivity contribution >= 4 is 12.0 Å². The molecule has 0 aromatic heterocycles. The summed E-state index contributed by atoms with van der Waals surface area (Å²) in [6, 6.07) is 0.00140. The van der Waals surface area contributed by atoms with Crippen molar-refractivity contribution < 1.29 is 19.4 Å². The average Bonchev–Trinajstić information content (AvgIpc) is 2.52. The molecule has 2 aliphatic rings. The van der Waals surface area contributed by atoms with Crippen molar-refractivity contribution in [3.05, 3.63) is 0 Å². The zero-order valence-corrected chi connectivity index (χ0v) is 12.6. The number of carbonyl (C=O) groups excluding carboxylic acids is 1. The lowest BCUT2D eigenvalue weighted by Crippen LogP contribution is -2.47. The van der Waals surface area contributed by atoms with Crippen LogP contribution in [-0.2, 0) is 9.53 Å². The first-order valence-electron chi connectivity index (χ1n) is 7.97. The molecule has 2 amide bonds. The first-order valence-corrected chi connectivity index (χ1v) is 7.97. The van der Waals surface area contributed by atoms with Gasteiger partial charge in [-0.15, -0.1) is 0 Å². The first-order chi connectivity index (χ1) is 10.1. The van der Waals surface area contributed by atoms with Crippen LogP contribution < -0.4 is 5.32 Å². The van der Waals surface area contributed by atoms with Gasteiger partial charge >= 0.3 is 12.0 Å². The Hall–Kier alpha value is -1.30. The predicted molar refractivity (Wildman–Crippen MR) is 78.1 cm³/mol. The summed E-state index contributed by atoms with van der Waals surface area (Å²) >= 11 is 0. The summed E-state index contributed by atoms with van der Waals surface area (Å²) in [6.07, 6.45) is 4.89. The third-order valence-corrected chi connectivity index (χ3v) is 4.46. The van der Waals surface area contributed by atoms with Gasteiger partial charge < -0.3 is 20.1 Å². The molecule has 0 bridgehead atoms. The van der Waals surface area contributed by atoms with Crippen LogP contribution in [0.4, 0.5) is 4.79 Å². The molecule has 2 rings (SSSR count). The van der Waals surface area contributed by atoms with Gasteiger partial charge in [0.1, 0.15) is 0 Å². The number of carboxylic acids is 1. The van der Waals surface area contributed by atoms with E-state index in [1.807, 2.05) is 4.90 Å². The Morgan fingerprint density at radius 3 is 2.67 bits per heavy atom. The molecule has 1 unspecified atom stereocenters. The normalized spacial score (nSPS) is 23.8. The van der Waals surface area contributed by atoms with Crippen molar-refractivity contribution in [2.45, 2.75) is 38.5 Å². The summed E-state index contributed by atoms with van der Waals surface area (Å²) < 4.78 is 5.31. The number of ether oxygens (including phenoxy) is 1. The van der Waals surface area contributed by atoms with Gasteiger partial charge in [-0.25, -0.2) is 4.79 Å². The third kappa shape index (κ3) is 5.53. The van der Waals surface area contributed by atoms with Crippen LogP contribution >= 0.6 is 0 Å². The second-order valence-electron chi connectivity index (χ2n) is 6.13. The lowest BCUT2D eigenvalue weighted by Gasteiger charge is -2.33.